The van der Waals surface area contributed by atoms with Crippen LogP contribution >= 0.6 is 11.8 Å². The summed E-state index contributed by atoms with van der Waals surface area (Å²) in [5.41, 5.74) is 0.830. The number of benzene rings is 2. The molecule has 12 heteroatoms. The third kappa shape index (κ3) is 7.97. The number of aliphatic imine (C=N–C) groups is 1. The third-order valence-electron chi connectivity index (χ3n) is 5.67. The molecule has 0 aliphatic heterocycles. The van der Waals surface area contributed by atoms with Crippen LogP contribution in [-0.2, 0) is 19.1 Å². The Kier molecular flexibility index (Phi) is 9.90. The first-order valence-electron chi connectivity index (χ1n) is 11.5. The van der Waals surface area contributed by atoms with Gasteiger partial charge in [-0.2, -0.15) is 0 Å². The largest absolute Gasteiger partial charge is 0.481 e. The van der Waals surface area contributed by atoms with Crippen LogP contribution in [0.5, 0.6) is 0 Å². The number of nitrogens with one attached hydrogen (secondary N) is 3. The Labute approximate surface area is 218 Å². The lowest BCUT2D eigenvalue weighted by Crippen LogP contribution is -2.43. The Morgan fingerprint density at radius 1 is 0.919 bits per heavy atom. The Morgan fingerprint density at radius 3 is 2.14 bits per heavy atom. The van der Waals surface area contributed by atoms with E-state index >= 15 is 0 Å². The molecule has 0 aromatic heterocycles. The monoisotopic (exact) mass is 528 g/mol. The van der Waals surface area contributed by atoms with Gasteiger partial charge in [0.2, 0.25) is 11.9 Å². The van der Waals surface area contributed by atoms with Crippen LogP contribution in [-0.4, -0.2) is 49.3 Å². The molecular weight excluding hydrogens is 500 g/mol. The number of guanidine groups is 1. The fourth-order valence-corrected chi connectivity index (χ4v) is 4.82. The highest BCUT2D eigenvalue weighted by Crippen LogP contribution is 2.37. The Bertz CT molecular complexity index is 1150. The van der Waals surface area contributed by atoms with Gasteiger partial charge in [-0.25, -0.2) is 14.6 Å². The molecule has 0 spiro atoms. The number of amides is 3. The van der Waals surface area contributed by atoms with E-state index in [9.17, 15) is 24.3 Å². The molecule has 2 unspecified atom stereocenters. The van der Waals surface area contributed by atoms with Crippen molar-refractivity contribution in [2.75, 3.05) is 19.5 Å². The van der Waals surface area contributed by atoms with Crippen LogP contribution in [0.25, 0.3) is 0 Å². The van der Waals surface area contributed by atoms with Crippen LogP contribution in [0.1, 0.15) is 25.7 Å². The summed E-state index contributed by atoms with van der Waals surface area (Å²) in [5, 5.41) is 17.1. The van der Waals surface area contributed by atoms with Crippen LogP contribution in [0.3, 0.4) is 0 Å². The van der Waals surface area contributed by atoms with E-state index in [2.05, 4.69) is 30.4 Å². The van der Waals surface area contributed by atoms with Gasteiger partial charge in [0.1, 0.15) is 0 Å². The van der Waals surface area contributed by atoms with Gasteiger partial charge >= 0.3 is 18.2 Å². The lowest BCUT2D eigenvalue weighted by molar-refractivity contribution is -0.147. The summed E-state index contributed by atoms with van der Waals surface area (Å²) in [6.45, 7) is 0. The molecule has 3 rings (SSSR count). The van der Waals surface area contributed by atoms with Crippen molar-refractivity contribution >= 4 is 53.2 Å². The maximum Gasteiger partial charge on any atom is 0.413 e. The van der Waals surface area contributed by atoms with Crippen molar-refractivity contribution in [3.63, 3.8) is 0 Å². The fourth-order valence-electron chi connectivity index (χ4n) is 3.86. The first kappa shape index (κ1) is 27.5. The minimum atomic E-state index is -0.966. The molecule has 0 radical (unpaired) electrons. The van der Waals surface area contributed by atoms with Gasteiger partial charge in [-0.3, -0.25) is 20.2 Å². The number of carbonyl (C=O) groups excluding carboxylic acids is 3. The molecule has 0 heterocycles. The highest BCUT2D eigenvalue weighted by atomic mass is 32.2. The number of carboxylic acids is 1. The summed E-state index contributed by atoms with van der Waals surface area (Å²) in [6.07, 6.45) is 0.857. The first-order valence-corrected chi connectivity index (χ1v) is 12.3. The molecule has 1 saturated carbocycles. The van der Waals surface area contributed by atoms with E-state index < -0.39 is 30.0 Å². The van der Waals surface area contributed by atoms with Crippen molar-refractivity contribution in [2.45, 2.75) is 35.5 Å². The second-order valence-electron chi connectivity index (χ2n) is 8.11. The molecule has 0 saturated heterocycles. The van der Waals surface area contributed by atoms with Crippen LogP contribution in [0, 0.1) is 11.8 Å². The predicted molar refractivity (Wildman–Crippen MR) is 137 cm³/mol. The van der Waals surface area contributed by atoms with Crippen LogP contribution in [0.15, 0.2) is 63.3 Å². The molecule has 4 N–H and O–H groups in total. The van der Waals surface area contributed by atoms with Gasteiger partial charge in [0.15, 0.2) is 0 Å². The minimum absolute atomic E-state index is 0.224. The summed E-state index contributed by atoms with van der Waals surface area (Å²) in [5.74, 6) is -2.89. The zero-order valence-corrected chi connectivity index (χ0v) is 21.2. The Morgan fingerprint density at radius 2 is 1.54 bits per heavy atom. The first-order chi connectivity index (χ1) is 17.8. The second kappa shape index (κ2) is 13.3. The summed E-state index contributed by atoms with van der Waals surface area (Å²) < 4.78 is 9.13. The number of rotatable bonds is 6. The molecule has 196 valence electrons. The second-order valence-corrected chi connectivity index (χ2v) is 9.23. The zero-order valence-electron chi connectivity index (χ0n) is 20.4. The molecule has 1 aliphatic carbocycles. The third-order valence-corrected chi connectivity index (χ3v) is 6.73. The summed E-state index contributed by atoms with van der Waals surface area (Å²) in [7, 11) is 2.33. The summed E-state index contributed by atoms with van der Waals surface area (Å²) >= 11 is 1.36. The van der Waals surface area contributed by atoms with Gasteiger partial charge in [-0.05, 0) is 43.2 Å². The number of methoxy groups -OCH3 is 2. The van der Waals surface area contributed by atoms with Crippen molar-refractivity contribution < 1.29 is 33.8 Å². The van der Waals surface area contributed by atoms with Crippen molar-refractivity contribution in [1.82, 2.24) is 10.6 Å². The maximum absolute atomic E-state index is 13.1. The van der Waals surface area contributed by atoms with E-state index in [1.165, 1.54) is 26.0 Å². The van der Waals surface area contributed by atoms with E-state index in [1.807, 2.05) is 30.3 Å². The molecule has 2 atom stereocenters. The van der Waals surface area contributed by atoms with Crippen molar-refractivity contribution in [2.24, 2.45) is 16.8 Å². The number of carbonyl (C=O) groups is 4. The SMILES string of the molecule is COC(=O)NC(=Nc1ccc(NC(=O)C2CCCCC2C(=O)O)c(Sc2ccccc2)c1)NC(=O)OC. The van der Waals surface area contributed by atoms with Gasteiger partial charge in [0, 0.05) is 9.79 Å². The maximum atomic E-state index is 13.1. The lowest BCUT2D eigenvalue weighted by atomic mass is 9.78. The van der Waals surface area contributed by atoms with Gasteiger partial charge < -0.3 is 19.9 Å². The van der Waals surface area contributed by atoms with Gasteiger partial charge in [-0.1, -0.05) is 42.8 Å². The Hall–Kier alpha value is -4.06. The van der Waals surface area contributed by atoms with Gasteiger partial charge in [0.05, 0.1) is 37.4 Å². The number of aliphatic carboxylic acids is 1. The highest BCUT2D eigenvalue weighted by Gasteiger charge is 2.36. The quantitative estimate of drug-likeness (QED) is 0.318. The zero-order chi connectivity index (χ0) is 26.8. The molecule has 1 aliphatic rings. The number of alkyl carbamates (subject to hydrolysis) is 2. The van der Waals surface area contributed by atoms with Crippen molar-refractivity contribution in [3.05, 3.63) is 48.5 Å². The lowest BCUT2D eigenvalue weighted by Gasteiger charge is -2.27. The number of hydrogen-bond donors (Lipinski definition) is 4. The molecule has 1 fully saturated rings. The highest BCUT2D eigenvalue weighted by molar-refractivity contribution is 7.99. The van der Waals surface area contributed by atoms with E-state index in [-0.39, 0.29) is 11.9 Å². The molecule has 2 aromatic rings. The van der Waals surface area contributed by atoms with Gasteiger partial charge in [0.25, 0.3) is 0 Å². The standard InChI is InChI=1S/C25H28N4O7S/c1-35-24(33)28-23(29-25(34)36-2)26-15-12-13-19(20(14-15)37-16-8-4-3-5-9-16)27-21(30)17-10-6-7-11-18(17)22(31)32/h3-5,8-9,12-14,17-18H,6-7,10-11H2,1-2H3,(H,27,30)(H,31,32)(H2,26,28,29,33,34). The number of ether oxygens (including phenoxy) is 2. The van der Waals surface area contributed by atoms with E-state index in [4.69, 9.17) is 0 Å². The van der Waals surface area contributed by atoms with Crippen LogP contribution < -0.4 is 16.0 Å². The van der Waals surface area contributed by atoms with E-state index in [0.717, 1.165) is 17.7 Å². The number of nitrogens with zero attached hydrogens (tertiary/aromatic N) is 1. The molecule has 0 bridgehead atoms. The number of hydrogen-bond acceptors (Lipinski definition) is 8. The van der Waals surface area contributed by atoms with Gasteiger partial charge in [-0.15, -0.1) is 0 Å². The minimum Gasteiger partial charge on any atom is -0.481 e. The summed E-state index contributed by atoms with van der Waals surface area (Å²) in [6, 6.07) is 14.3. The average Bonchev–Trinajstić information content (AvgIpc) is 2.90. The summed E-state index contributed by atoms with van der Waals surface area (Å²) in [4.78, 5) is 54.0. The molecule has 37 heavy (non-hydrogen) atoms. The van der Waals surface area contributed by atoms with Crippen LogP contribution in [0.4, 0.5) is 21.0 Å². The van der Waals surface area contributed by atoms with Crippen molar-refractivity contribution in [1.29, 1.82) is 0 Å². The smallest absolute Gasteiger partial charge is 0.413 e. The average molecular weight is 529 g/mol. The fraction of sp³-hybridized carbons (Fsp3) is 0.320. The number of carboxylic acid groups (broad SMARTS) is 1. The Balaban J connectivity index is 1.94. The topological polar surface area (TPSA) is 155 Å². The molecule has 3 amide bonds. The molecule has 11 nitrogen and oxygen atoms in total. The molecular formula is C25H28N4O7S. The molecule has 2 aromatic carbocycles. The van der Waals surface area contributed by atoms with Crippen LogP contribution in [0.2, 0.25) is 0 Å². The number of anilines is 1. The normalized spacial score (nSPS) is 16.6. The predicted octanol–water partition coefficient (Wildman–Crippen LogP) is 4.37. The van der Waals surface area contributed by atoms with E-state index in [0.29, 0.717) is 29.1 Å². The van der Waals surface area contributed by atoms with E-state index in [1.54, 1.807) is 18.2 Å². The van der Waals surface area contributed by atoms with Crippen molar-refractivity contribution in [3.8, 4) is 0 Å².